The van der Waals surface area contributed by atoms with Crippen molar-refractivity contribution in [1.82, 2.24) is 5.32 Å². The van der Waals surface area contributed by atoms with Crippen molar-refractivity contribution in [3.8, 4) is 0 Å². The summed E-state index contributed by atoms with van der Waals surface area (Å²) >= 11 is 7.34. The lowest BCUT2D eigenvalue weighted by Gasteiger charge is -2.17. The third kappa shape index (κ3) is 5.96. The molecule has 120 valence electrons. The number of carboxylic acid groups (broad SMARTS) is 1. The molecule has 0 aliphatic heterocycles. The first kappa shape index (κ1) is 17.4. The lowest BCUT2D eigenvalue weighted by atomic mass is 10.0. The van der Waals surface area contributed by atoms with E-state index in [1.807, 2.05) is 30.3 Å². The predicted molar refractivity (Wildman–Crippen MR) is 91.8 cm³/mol. The summed E-state index contributed by atoms with van der Waals surface area (Å²) in [5.41, 5.74) is 0.679. The summed E-state index contributed by atoms with van der Waals surface area (Å²) in [6, 6.07) is 15.8. The summed E-state index contributed by atoms with van der Waals surface area (Å²) in [5, 5.41) is 12.3. The van der Waals surface area contributed by atoms with E-state index >= 15 is 0 Å². The predicted octanol–water partition coefficient (Wildman–Crippen LogP) is 3.76. The van der Waals surface area contributed by atoms with Gasteiger partial charge in [-0.05, 0) is 29.8 Å². The van der Waals surface area contributed by atoms with E-state index in [-0.39, 0.29) is 18.1 Å². The van der Waals surface area contributed by atoms with Gasteiger partial charge in [-0.3, -0.25) is 9.59 Å². The van der Waals surface area contributed by atoms with Crippen molar-refractivity contribution in [2.24, 2.45) is 0 Å². The van der Waals surface area contributed by atoms with E-state index in [1.54, 1.807) is 24.3 Å². The van der Waals surface area contributed by atoms with Crippen LogP contribution in [0.25, 0.3) is 0 Å². The summed E-state index contributed by atoms with van der Waals surface area (Å²) in [6.07, 6.45) is -0.192. The Labute approximate surface area is 143 Å². The van der Waals surface area contributed by atoms with Crippen LogP contribution >= 0.6 is 23.4 Å². The first-order valence-corrected chi connectivity index (χ1v) is 8.35. The molecule has 0 spiro atoms. The molecule has 2 aromatic carbocycles. The largest absolute Gasteiger partial charge is 0.481 e. The SMILES string of the molecule is O=C(O)CC(NC(=O)CSc1ccccc1)c1cccc(Cl)c1. The summed E-state index contributed by atoms with van der Waals surface area (Å²) in [4.78, 5) is 24.1. The highest BCUT2D eigenvalue weighted by Gasteiger charge is 2.18. The molecular formula is C17H16ClNO3S. The topological polar surface area (TPSA) is 66.4 Å². The molecular weight excluding hydrogens is 334 g/mol. The summed E-state index contributed by atoms with van der Waals surface area (Å²) < 4.78 is 0. The molecule has 6 heteroatoms. The van der Waals surface area contributed by atoms with Crippen LogP contribution in [0, 0.1) is 0 Å². The fourth-order valence-electron chi connectivity index (χ4n) is 2.05. The number of nitrogens with one attached hydrogen (secondary N) is 1. The first-order chi connectivity index (χ1) is 11.0. The van der Waals surface area contributed by atoms with E-state index in [1.165, 1.54) is 11.8 Å². The van der Waals surface area contributed by atoms with E-state index in [0.29, 0.717) is 10.6 Å². The summed E-state index contributed by atoms with van der Waals surface area (Å²) in [5.74, 6) is -0.975. The Morgan fingerprint density at radius 3 is 2.52 bits per heavy atom. The van der Waals surface area contributed by atoms with Crippen molar-refractivity contribution >= 4 is 35.2 Å². The number of benzene rings is 2. The lowest BCUT2D eigenvalue weighted by Crippen LogP contribution is -2.31. The number of aliphatic carboxylic acids is 1. The summed E-state index contributed by atoms with van der Waals surface area (Å²) in [6.45, 7) is 0. The van der Waals surface area contributed by atoms with E-state index < -0.39 is 12.0 Å². The Morgan fingerprint density at radius 2 is 1.87 bits per heavy atom. The zero-order valence-corrected chi connectivity index (χ0v) is 13.8. The fraction of sp³-hybridized carbons (Fsp3) is 0.176. The molecule has 0 saturated carbocycles. The van der Waals surface area contributed by atoms with Gasteiger partial charge in [-0.1, -0.05) is 41.9 Å². The third-order valence-electron chi connectivity index (χ3n) is 3.08. The van der Waals surface area contributed by atoms with Crippen molar-refractivity contribution in [1.29, 1.82) is 0 Å². The second-order valence-corrected chi connectivity index (χ2v) is 6.36. The number of carbonyl (C=O) groups excluding carboxylic acids is 1. The molecule has 1 unspecified atom stereocenters. The Kier molecular flexibility index (Phi) is 6.50. The zero-order valence-electron chi connectivity index (χ0n) is 12.2. The molecule has 0 aromatic heterocycles. The molecule has 0 radical (unpaired) electrons. The van der Waals surface area contributed by atoms with Crippen LogP contribution < -0.4 is 5.32 Å². The van der Waals surface area contributed by atoms with Crippen LogP contribution in [-0.2, 0) is 9.59 Å². The van der Waals surface area contributed by atoms with Crippen LogP contribution in [0.5, 0.6) is 0 Å². The fourth-order valence-corrected chi connectivity index (χ4v) is 2.98. The Morgan fingerprint density at radius 1 is 1.13 bits per heavy atom. The van der Waals surface area contributed by atoms with Gasteiger partial charge < -0.3 is 10.4 Å². The molecule has 2 aromatic rings. The quantitative estimate of drug-likeness (QED) is 0.747. The molecule has 2 N–H and O–H groups in total. The zero-order chi connectivity index (χ0) is 16.7. The van der Waals surface area contributed by atoms with Crippen molar-refractivity contribution in [2.75, 3.05) is 5.75 Å². The lowest BCUT2D eigenvalue weighted by molar-refractivity contribution is -0.137. The van der Waals surface area contributed by atoms with E-state index in [0.717, 1.165) is 4.90 Å². The third-order valence-corrected chi connectivity index (χ3v) is 4.33. The number of amides is 1. The van der Waals surface area contributed by atoms with Crippen molar-refractivity contribution in [2.45, 2.75) is 17.4 Å². The monoisotopic (exact) mass is 349 g/mol. The van der Waals surface area contributed by atoms with Gasteiger partial charge in [-0.15, -0.1) is 11.8 Å². The molecule has 0 fully saturated rings. The normalized spacial score (nSPS) is 11.7. The number of rotatable bonds is 7. The second kappa shape index (κ2) is 8.60. The smallest absolute Gasteiger partial charge is 0.305 e. The van der Waals surface area contributed by atoms with Crippen molar-refractivity contribution < 1.29 is 14.7 Å². The number of carboxylic acids is 1. The van der Waals surface area contributed by atoms with Gasteiger partial charge in [0, 0.05) is 9.92 Å². The molecule has 23 heavy (non-hydrogen) atoms. The van der Waals surface area contributed by atoms with Gasteiger partial charge >= 0.3 is 5.97 Å². The van der Waals surface area contributed by atoms with Gasteiger partial charge in [-0.2, -0.15) is 0 Å². The highest BCUT2D eigenvalue weighted by atomic mass is 35.5. The van der Waals surface area contributed by atoms with Gasteiger partial charge in [0.1, 0.15) is 0 Å². The Balaban J connectivity index is 1.99. The highest BCUT2D eigenvalue weighted by Crippen LogP contribution is 2.22. The van der Waals surface area contributed by atoms with Gasteiger partial charge in [0.15, 0.2) is 0 Å². The highest BCUT2D eigenvalue weighted by molar-refractivity contribution is 8.00. The van der Waals surface area contributed by atoms with Crippen LogP contribution in [0.3, 0.4) is 0 Å². The molecule has 0 saturated heterocycles. The average Bonchev–Trinajstić information content (AvgIpc) is 2.53. The van der Waals surface area contributed by atoms with Crippen LogP contribution in [0.1, 0.15) is 18.0 Å². The maximum Gasteiger partial charge on any atom is 0.305 e. The number of carbonyl (C=O) groups is 2. The second-order valence-electron chi connectivity index (χ2n) is 4.87. The first-order valence-electron chi connectivity index (χ1n) is 6.99. The molecule has 0 bridgehead atoms. The minimum absolute atomic E-state index is 0.192. The van der Waals surface area contributed by atoms with E-state index in [2.05, 4.69) is 5.32 Å². The molecule has 1 amide bonds. The molecule has 2 rings (SSSR count). The number of hydrogen-bond donors (Lipinski definition) is 2. The average molecular weight is 350 g/mol. The minimum atomic E-state index is -0.981. The molecule has 0 aliphatic rings. The minimum Gasteiger partial charge on any atom is -0.481 e. The Bertz CT molecular complexity index is 679. The number of hydrogen-bond acceptors (Lipinski definition) is 3. The van der Waals surface area contributed by atoms with Crippen LogP contribution in [0.4, 0.5) is 0 Å². The maximum absolute atomic E-state index is 12.1. The standard InChI is InChI=1S/C17H16ClNO3S/c18-13-6-4-5-12(9-13)15(10-17(21)22)19-16(20)11-23-14-7-2-1-3-8-14/h1-9,15H,10-11H2,(H,19,20)(H,21,22). The van der Waals surface area contributed by atoms with Crippen LogP contribution in [0.15, 0.2) is 59.5 Å². The Hall–Kier alpha value is -1.98. The maximum atomic E-state index is 12.1. The molecule has 0 aliphatic carbocycles. The van der Waals surface area contributed by atoms with Crippen molar-refractivity contribution in [3.05, 3.63) is 65.2 Å². The van der Waals surface area contributed by atoms with Gasteiger partial charge in [0.05, 0.1) is 18.2 Å². The van der Waals surface area contributed by atoms with Crippen LogP contribution in [-0.4, -0.2) is 22.7 Å². The summed E-state index contributed by atoms with van der Waals surface area (Å²) in [7, 11) is 0. The van der Waals surface area contributed by atoms with Gasteiger partial charge in [0.2, 0.25) is 5.91 Å². The number of thioether (sulfide) groups is 1. The van der Waals surface area contributed by atoms with Gasteiger partial charge in [0.25, 0.3) is 0 Å². The molecule has 1 atom stereocenters. The molecule has 0 heterocycles. The van der Waals surface area contributed by atoms with Crippen LogP contribution in [0.2, 0.25) is 5.02 Å². The van der Waals surface area contributed by atoms with Crippen molar-refractivity contribution in [3.63, 3.8) is 0 Å². The van der Waals surface area contributed by atoms with E-state index in [4.69, 9.17) is 16.7 Å². The number of halogens is 1. The molecule has 4 nitrogen and oxygen atoms in total. The van der Waals surface area contributed by atoms with E-state index in [9.17, 15) is 9.59 Å². The van der Waals surface area contributed by atoms with Gasteiger partial charge in [-0.25, -0.2) is 0 Å².